The summed E-state index contributed by atoms with van der Waals surface area (Å²) in [5.41, 5.74) is 2.33. The maximum atomic E-state index is 5.52. The summed E-state index contributed by atoms with van der Waals surface area (Å²) in [4.78, 5) is 6.93. The van der Waals surface area contributed by atoms with Gasteiger partial charge in [-0.25, -0.2) is 0 Å². The molecule has 3 rings (SSSR count). The molecule has 1 heterocycles. The first-order chi connectivity index (χ1) is 15.2. The Hall–Kier alpha value is -2.93. The molecule has 0 spiro atoms. The first-order valence-corrected chi connectivity index (χ1v) is 10.7. The summed E-state index contributed by atoms with van der Waals surface area (Å²) in [6.45, 7) is 3.54. The molecule has 7 nitrogen and oxygen atoms in total. The Morgan fingerprint density at radius 1 is 1.00 bits per heavy atom. The van der Waals surface area contributed by atoms with Crippen LogP contribution in [0.5, 0.6) is 17.2 Å². The van der Waals surface area contributed by atoms with Gasteiger partial charge in [0.25, 0.3) is 0 Å². The number of hydrogen-bond acceptors (Lipinski definition) is 5. The van der Waals surface area contributed by atoms with E-state index < -0.39 is 0 Å². The van der Waals surface area contributed by atoms with Gasteiger partial charge >= 0.3 is 0 Å². The molecule has 1 aliphatic heterocycles. The minimum absolute atomic E-state index is 0.495. The predicted octanol–water partition coefficient (Wildman–Crippen LogP) is 3.04. The van der Waals surface area contributed by atoms with Gasteiger partial charge in [0.1, 0.15) is 5.75 Å². The second-order valence-corrected chi connectivity index (χ2v) is 7.58. The average molecular weight is 427 g/mol. The third-order valence-corrected chi connectivity index (χ3v) is 5.69. The highest BCUT2D eigenvalue weighted by molar-refractivity contribution is 5.79. The van der Waals surface area contributed by atoms with Crippen LogP contribution >= 0.6 is 0 Å². The second-order valence-electron chi connectivity index (χ2n) is 7.58. The van der Waals surface area contributed by atoms with Crippen LogP contribution in [0.3, 0.4) is 0 Å². The van der Waals surface area contributed by atoms with Crippen molar-refractivity contribution in [1.29, 1.82) is 0 Å². The van der Waals surface area contributed by atoms with Gasteiger partial charge in [0.2, 0.25) is 0 Å². The number of likely N-dealkylation sites (tertiary alicyclic amines) is 1. The van der Waals surface area contributed by atoms with Crippen molar-refractivity contribution in [3.8, 4) is 17.2 Å². The molecule has 168 valence electrons. The van der Waals surface area contributed by atoms with Gasteiger partial charge in [0.05, 0.1) is 21.3 Å². The molecule has 2 aromatic carbocycles. The monoisotopic (exact) mass is 426 g/mol. The molecule has 1 saturated heterocycles. The molecule has 0 aromatic heterocycles. The molecular weight excluding hydrogens is 392 g/mol. The van der Waals surface area contributed by atoms with E-state index >= 15 is 0 Å². The number of rotatable bonds is 9. The fourth-order valence-electron chi connectivity index (χ4n) is 4.00. The van der Waals surface area contributed by atoms with E-state index in [9.17, 15) is 0 Å². The Morgan fingerprint density at radius 2 is 1.71 bits per heavy atom. The van der Waals surface area contributed by atoms with E-state index in [0.29, 0.717) is 24.1 Å². The highest BCUT2D eigenvalue weighted by Crippen LogP contribution is 2.34. The van der Waals surface area contributed by atoms with Gasteiger partial charge in [-0.1, -0.05) is 30.3 Å². The summed E-state index contributed by atoms with van der Waals surface area (Å²) < 4.78 is 16.3. The van der Waals surface area contributed by atoms with E-state index in [1.54, 1.807) is 28.4 Å². The highest BCUT2D eigenvalue weighted by atomic mass is 16.5. The Kier molecular flexibility index (Phi) is 8.41. The van der Waals surface area contributed by atoms with Gasteiger partial charge in [0, 0.05) is 44.4 Å². The lowest BCUT2D eigenvalue weighted by molar-refractivity contribution is 0.245. The standard InChI is InChI=1S/C24H34N4O3/c1-25-24(26-15-19-13-22(30-3)23(31-4)14-21(19)29-2)27-16-20-11-8-12-28(20)17-18-9-6-5-7-10-18/h5-7,9-10,13-14,20H,8,11-12,15-17H2,1-4H3,(H2,25,26,27). The molecule has 0 amide bonds. The van der Waals surface area contributed by atoms with Crippen molar-refractivity contribution in [2.45, 2.75) is 32.0 Å². The van der Waals surface area contributed by atoms with Crippen LogP contribution in [0, 0.1) is 0 Å². The Morgan fingerprint density at radius 3 is 2.39 bits per heavy atom. The number of benzene rings is 2. The summed E-state index contributed by atoms with van der Waals surface area (Å²) in [6.07, 6.45) is 2.42. The SMILES string of the molecule is CN=C(NCc1cc(OC)c(OC)cc1OC)NCC1CCCN1Cc1ccccc1. The van der Waals surface area contributed by atoms with Crippen LogP contribution < -0.4 is 24.8 Å². The van der Waals surface area contributed by atoms with Crippen LogP contribution in [-0.4, -0.2) is 58.4 Å². The van der Waals surface area contributed by atoms with Crippen LogP contribution in [0.4, 0.5) is 0 Å². The quantitative estimate of drug-likeness (QED) is 0.475. The summed E-state index contributed by atoms with van der Waals surface area (Å²) >= 11 is 0. The molecule has 0 bridgehead atoms. The summed E-state index contributed by atoms with van der Waals surface area (Å²) in [5, 5.41) is 6.87. The molecule has 2 N–H and O–H groups in total. The molecule has 7 heteroatoms. The van der Waals surface area contributed by atoms with Gasteiger partial charge in [-0.05, 0) is 31.0 Å². The third-order valence-electron chi connectivity index (χ3n) is 5.69. The van der Waals surface area contributed by atoms with Crippen molar-refractivity contribution < 1.29 is 14.2 Å². The average Bonchev–Trinajstić information content (AvgIpc) is 3.26. The summed E-state index contributed by atoms with van der Waals surface area (Å²) in [5.74, 6) is 2.82. The lowest BCUT2D eigenvalue weighted by Gasteiger charge is -2.25. The van der Waals surface area contributed by atoms with Crippen molar-refractivity contribution >= 4 is 5.96 Å². The maximum absolute atomic E-state index is 5.52. The molecule has 2 aromatic rings. The van der Waals surface area contributed by atoms with Crippen molar-refractivity contribution in [3.63, 3.8) is 0 Å². The lowest BCUT2D eigenvalue weighted by atomic mass is 10.1. The number of methoxy groups -OCH3 is 3. The molecule has 1 fully saturated rings. The zero-order chi connectivity index (χ0) is 22.1. The van der Waals surface area contributed by atoms with Gasteiger partial charge in [-0.2, -0.15) is 0 Å². The van der Waals surface area contributed by atoms with E-state index in [2.05, 4.69) is 50.9 Å². The fraction of sp³-hybridized carbons (Fsp3) is 0.458. The van der Waals surface area contributed by atoms with Crippen molar-refractivity contribution in [1.82, 2.24) is 15.5 Å². The normalized spacial score (nSPS) is 16.8. The minimum Gasteiger partial charge on any atom is -0.496 e. The van der Waals surface area contributed by atoms with E-state index in [0.717, 1.165) is 36.9 Å². The van der Waals surface area contributed by atoms with Crippen LogP contribution in [0.25, 0.3) is 0 Å². The first kappa shape index (κ1) is 22.7. The smallest absolute Gasteiger partial charge is 0.191 e. The van der Waals surface area contributed by atoms with Crippen LogP contribution in [0.2, 0.25) is 0 Å². The predicted molar refractivity (Wildman–Crippen MR) is 124 cm³/mol. The van der Waals surface area contributed by atoms with E-state index in [1.165, 1.54) is 18.4 Å². The number of guanidine groups is 1. The van der Waals surface area contributed by atoms with Gasteiger partial charge in [0.15, 0.2) is 17.5 Å². The molecular formula is C24H34N4O3. The highest BCUT2D eigenvalue weighted by Gasteiger charge is 2.24. The van der Waals surface area contributed by atoms with Crippen LogP contribution in [0.1, 0.15) is 24.0 Å². The summed E-state index contributed by atoms with van der Waals surface area (Å²) in [7, 11) is 6.69. The van der Waals surface area contributed by atoms with Gasteiger partial charge < -0.3 is 24.8 Å². The third kappa shape index (κ3) is 6.04. The number of nitrogens with one attached hydrogen (secondary N) is 2. The molecule has 0 aliphatic carbocycles. The molecule has 1 atom stereocenters. The van der Waals surface area contributed by atoms with Gasteiger partial charge in [-0.15, -0.1) is 0 Å². The number of nitrogens with zero attached hydrogens (tertiary/aromatic N) is 2. The topological polar surface area (TPSA) is 67.4 Å². The zero-order valence-corrected chi connectivity index (χ0v) is 19.0. The molecule has 1 unspecified atom stereocenters. The van der Waals surface area contributed by atoms with Crippen LogP contribution in [0.15, 0.2) is 47.5 Å². The van der Waals surface area contributed by atoms with E-state index in [1.807, 2.05) is 12.1 Å². The molecule has 0 saturated carbocycles. The summed E-state index contributed by atoms with van der Waals surface area (Å²) in [6, 6.07) is 14.9. The maximum Gasteiger partial charge on any atom is 0.191 e. The molecule has 1 aliphatic rings. The van der Waals surface area contributed by atoms with Gasteiger partial charge in [-0.3, -0.25) is 9.89 Å². The Labute approximate surface area is 185 Å². The van der Waals surface area contributed by atoms with Crippen LogP contribution in [-0.2, 0) is 13.1 Å². The lowest BCUT2D eigenvalue weighted by Crippen LogP contribution is -2.44. The Bertz CT molecular complexity index is 857. The first-order valence-electron chi connectivity index (χ1n) is 10.7. The zero-order valence-electron chi connectivity index (χ0n) is 19.0. The van der Waals surface area contributed by atoms with E-state index in [-0.39, 0.29) is 0 Å². The number of aliphatic imine (C=N–C) groups is 1. The molecule has 31 heavy (non-hydrogen) atoms. The fourth-order valence-corrected chi connectivity index (χ4v) is 4.00. The van der Waals surface area contributed by atoms with E-state index in [4.69, 9.17) is 14.2 Å². The van der Waals surface area contributed by atoms with Crippen molar-refractivity contribution in [2.24, 2.45) is 4.99 Å². The minimum atomic E-state index is 0.495. The van der Waals surface area contributed by atoms with Crippen molar-refractivity contribution in [2.75, 3.05) is 41.5 Å². The molecule has 0 radical (unpaired) electrons. The number of hydrogen-bond donors (Lipinski definition) is 2. The largest absolute Gasteiger partial charge is 0.496 e. The second kappa shape index (κ2) is 11.5. The number of ether oxygens (including phenoxy) is 3. The Balaban J connectivity index is 1.56. The van der Waals surface area contributed by atoms with Crippen molar-refractivity contribution in [3.05, 3.63) is 53.6 Å².